The lowest BCUT2D eigenvalue weighted by molar-refractivity contribution is -0.147. The van der Waals surface area contributed by atoms with E-state index in [-0.39, 0.29) is 5.91 Å². The van der Waals surface area contributed by atoms with Crippen LogP contribution >= 0.6 is 0 Å². The Morgan fingerprint density at radius 2 is 2.00 bits per heavy atom. The van der Waals surface area contributed by atoms with Crippen LogP contribution in [0.2, 0.25) is 0 Å². The van der Waals surface area contributed by atoms with Gasteiger partial charge in [-0.05, 0) is 44.7 Å². The van der Waals surface area contributed by atoms with Crippen molar-refractivity contribution in [3.05, 3.63) is 36.0 Å². The molecule has 0 fully saturated rings. The maximum atomic E-state index is 11.8. The first-order valence-electron chi connectivity index (χ1n) is 7.95. The largest absolute Gasteiger partial charge is 0.481 e. The molecule has 1 amide bonds. The van der Waals surface area contributed by atoms with E-state index in [1.165, 1.54) is 10.9 Å². The fourth-order valence-electron chi connectivity index (χ4n) is 2.49. The lowest BCUT2D eigenvalue weighted by Crippen LogP contribution is -2.31. The van der Waals surface area contributed by atoms with Crippen LogP contribution in [0.3, 0.4) is 0 Å². The molecule has 1 aromatic carbocycles. The molecule has 3 N–H and O–H groups in total. The number of aromatic amines is 1. The lowest BCUT2D eigenvalue weighted by Gasteiger charge is -2.18. The van der Waals surface area contributed by atoms with Crippen molar-refractivity contribution in [3.63, 3.8) is 0 Å². The summed E-state index contributed by atoms with van der Waals surface area (Å²) >= 11 is 0. The van der Waals surface area contributed by atoms with Crippen LogP contribution in [0, 0.1) is 5.41 Å². The van der Waals surface area contributed by atoms with Crippen molar-refractivity contribution in [2.75, 3.05) is 6.54 Å². The molecule has 0 aliphatic heterocycles. The number of carbonyl (C=O) groups excluding carboxylic acids is 1. The number of carboxylic acids is 1. The molecule has 0 aliphatic carbocycles. The van der Waals surface area contributed by atoms with Crippen molar-refractivity contribution in [1.82, 2.24) is 10.3 Å². The van der Waals surface area contributed by atoms with Gasteiger partial charge in [0.05, 0.1) is 5.41 Å². The number of para-hydroxylation sites is 1. The minimum absolute atomic E-state index is 0.0222. The van der Waals surface area contributed by atoms with E-state index in [9.17, 15) is 9.59 Å². The van der Waals surface area contributed by atoms with Gasteiger partial charge in [0.15, 0.2) is 0 Å². The molecule has 1 heterocycles. The molecule has 2 aromatic rings. The number of carboxylic acid groups (broad SMARTS) is 1. The SMILES string of the molecule is CC(C)(CCNC(=O)CCCc1c[nH]c2ccccc12)C(=O)O. The maximum Gasteiger partial charge on any atom is 0.309 e. The third-order valence-electron chi connectivity index (χ3n) is 4.18. The molecule has 0 saturated carbocycles. The zero-order chi connectivity index (χ0) is 16.9. The van der Waals surface area contributed by atoms with Crippen LogP contribution in [0.1, 0.15) is 38.7 Å². The van der Waals surface area contributed by atoms with E-state index < -0.39 is 11.4 Å². The van der Waals surface area contributed by atoms with Crippen LogP contribution in [-0.2, 0) is 16.0 Å². The number of nitrogens with one attached hydrogen (secondary N) is 2. The van der Waals surface area contributed by atoms with Gasteiger partial charge >= 0.3 is 5.97 Å². The Morgan fingerprint density at radius 3 is 2.74 bits per heavy atom. The summed E-state index contributed by atoms with van der Waals surface area (Å²) in [5.74, 6) is -0.864. The average molecular weight is 316 g/mol. The number of aryl methyl sites for hydroxylation is 1. The van der Waals surface area contributed by atoms with Crippen molar-refractivity contribution in [3.8, 4) is 0 Å². The highest BCUT2D eigenvalue weighted by molar-refractivity contribution is 5.83. The van der Waals surface area contributed by atoms with E-state index in [4.69, 9.17) is 5.11 Å². The van der Waals surface area contributed by atoms with Crippen molar-refractivity contribution < 1.29 is 14.7 Å². The van der Waals surface area contributed by atoms with Crippen molar-refractivity contribution >= 4 is 22.8 Å². The van der Waals surface area contributed by atoms with E-state index in [1.54, 1.807) is 13.8 Å². The van der Waals surface area contributed by atoms with E-state index in [0.717, 1.165) is 18.4 Å². The third kappa shape index (κ3) is 4.58. The number of amides is 1. The van der Waals surface area contributed by atoms with Gasteiger partial charge in [-0.25, -0.2) is 0 Å². The number of H-pyrrole nitrogens is 1. The van der Waals surface area contributed by atoms with Gasteiger partial charge in [-0.15, -0.1) is 0 Å². The molecule has 5 nitrogen and oxygen atoms in total. The molecular weight excluding hydrogens is 292 g/mol. The molecule has 124 valence electrons. The Hall–Kier alpha value is -2.30. The second-order valence-electron chi connectivity index (χ2n) is 6.50. The van der Waals surface area contributed by atoms with Gasteiger partial charge in [-0.2, -0.15) is 0 Å². The Bertz CT molecular complexity index is 688. The van der Waals surface area contributed by atoms with Gasteiger partial charge in [-0.3, -0.25) is 9.59 Å². The predicted octanol–water partition coefficient (Wildman–Crippen LogP) is 3.11. The van der Waals surface area contributed by atoms with Gasteiger partial charge in [0.1, 0.15) is 0 Å². The third-order valence-corrected chi connectivity index (χ3v) is 4.18. The lowest BCUT2D eigenvalue weighted by atomic mass is 9.90. The molecule has 0 unspecified atom stereocenters. The molecule has 0 bridgehead atoms. The predicted molar refractivity (Wildman–Crippen MR) is 90.3 cm³/mol. The van der Waals surface area contributed by atoms with Crippen LogP contribution in [0.15, 0.2) is 30.5 Å². The summed E-state index contributed by atoms with van der Waals surface area (Å²) in [7, 11) is 0. The van der Waals surface area contributed by atoms with Gasteiger partial charge in [0.25, 0.3) is 0 Å². The highest BCUT2D eigenvalue weighted by Gasteiger charge is 2.26. The molecule has 23 heavy (non-hydrogen) atoms. The standard InChI is InChI=1S/C18H24N2O3/c1-18(2,17(22)23)10-11-19-16(21)9-5-6-13-12-20-15-8-4-3-7-14(13)15/h3-4,7-8,12,20H,5-6,9-11H2,1-2H3,(H,19,21)(H,22,23). The molecule has 0 spiro atoms. The normalized spacial score (nSPS) is 11.6. The highest BCUT2D eigenvalue weighted by Crippen LogP contribution is 2.20. The minimum Gasteiger partial charge on any atom is -0.481 e. The van der Waals surface area contributed by atoms with Crippen LogP contribution in [0.4, 0.5) is 0 Å². The van der Waals surface area contributed by atoms with Crippen LogP contribution in [0.25, 0.3) is 10.9 Å². The van der Waals surface area contributed by atoms with E-state index in [0.29, 0.717) is 19.4 Å². The second-order valence-corrected chi connectivity index (χ2v) is 6.50. The van der Waals surface area contributed by atoms with E-state index in [1.807, 2.05) is 24.4 Å². The maximum absolute atomic E-state index is 11.8. The van der Waals surface area contributed by atoms with Gasteiger partial charge in [0.2, 0.25) is 5.91 Å². The molecule has 1 aromatic heterocycles. The summed E-state index contributed by atoms with van der Waals surface area (Å²) in [6, 6.07) is 8.12. The van der Waals surface area contributed by atoms with Crippen LogP contribution in [0.5, 0.6) is 0 Å². The Labute approximate surface area is 136 Å². The van der Waals surface area contributed by atoms with Gasteiger partial charge in [0, 0.05) is 30.1 Å². The first kappa shape index (κ1) is 17.1. The summed E-state index contributed by atoms with van der Waals surface area (Å²) in [6.45, 7) is 3.72. The van der Waals surface area contributed by atoms with E-state index >= 15 is 0 Å². The van der Waals surface area contributed by atoms with Crippen molar-refractivity contribution in [2.45, 2.75) is 39.5 Å². The van der Waals surface area contributed by atoms with Gasteiger partial charge < -0.3 is 15.4 Å². The van der Waals surface area contributed by atoms with Crippen LogP contribution < -0.4 is 5.32 Å². The fraction of sp³-hybridized carbons (Fsp3) is 0.444. The molecule has 5 heteroatoms. The number of aliphatic carboxylic acids is 1. The van der Waals surface area contributed by atoms with Crippen molar-refractivity contribution in [1.29, 1.82) is 0 Å². The molecule has 2 rings (SSSR count). The fourth-order valence-corrected chi connectivity index (χ4v) is 2.49. The van der Waals surface area contributed by atoms with E-state index in [2.05, 4.69) is 16.4 Å². The van der Waals surface area contributed by atoms with Gasteiger partial charge in [-0.1, -0.05) is 18.2 Å². The number of rotatable bonds is 8. The molecule has 0 aliphatic rings. The molecular formula is C18H24N2O3. The first-order valence-corrected chi connectivity index (χ1v) is 7.95. The Balaban J connectivity index is 1.72. The first-order chi connectivity index (χ1) is 10.9. The number of hydrogen-bond acceptors (Lipinski definition) is 2. The number of aromatic nitrogens is 1. The second kappa shape index (κ2) is 7.31. The summed E-state index contributed by atoms with van der Waals surface area (Å²) in [6.07, 6.45) is 4.50. The highest BCUT2D eigenvalue weighted by atomic mass is 16.4. The molecule has 0 radical (unpaired) electrons. The number of benzene rings is 1. The summed E-state index contributed by atoms with van der Waals surface area (Å²) in [4.78, 5) is 26.0. The topological polar surface area (TPSA) is 82.2 Å². The molecule has 0 saturated heterocycles. The average Bonchev–Trinajstić information content (AvgIpc) is 2.90. The summed E-state index contributed by atoms with van der Waals surface area (Å²) in [5.41, 5.74) is 1.53. The minimum atomic E-state index is -0.842. The zero-order valence-corrected chi connectivity index (χ0v) is 13.7. The van der Waals surface area contributed by atoms with Crippen molar-refractivity contribution in [2.24, 2.45) is 5.41 Å². The number of carbonyl (C=O) groups is 2. The Morgan fingerprint density at radius 1 is 1.26 bits per heavy atom. The van der Waals surface area contributed by atoms with Crippen LogP contribution in [-0.4, -0.2) is 28.5 Å². The smallest absolute Gasteiger partial charge is 0.309 e. The number of hydrogen-bond donors (Lipinski definition) is 3. The number of fused-ring (bicyclic) bond motifs is 1. The Kier molecular flexibility index (Phi) is 5.42. The quantitative estimate of drug-likeness (QED) is 0.700. The molecule has 0 atom stereocenters. The monoisotopic (exact) mass is 316 g/mol. The zero-order valence-electron chi connectivity index (χ0n) is 13.7. The summed E-state index contributed by atoms with van der Waals surface area (Å²) in [5, 5.41) is 13.0. The summed E-state index contributed by atoms with van der Waals surface area (Å²) < 4.78 is 0.